The first kappa shape index (κ1) is 12.3. The quantitative estimate of drug-likeness (QED) is 0.752. The van der Waals surface area contributed by atoms with E-state index in [0.717, 1.165) is 17.7 Å². The van der Waals surface area contributed by atoms with E-state index in [4.69, 9.17) is 0 Å². The molecule has 2 aromatic rings. The van der Waals surface area contributed by atoms with Crippen molar-refractivity contribution in [3.63, 3.8) is 0 Å². The SMILES string of the molecule is CC1(c2ccccc2)CCN2C(=O)C(=O)c3cccc1c32. The van der Waals surface area contributed by atoms with Crippen LogP contribution >= 0.6 is 0 Å². The monoisotopic (exact) mass is 277 g/mol. The maximum absolute atomic E-state index is 12.1. The molecule has 0 N–H and O–H groups in total. The molecule has 0 bridgehead atoms. The Kier molecular flexibility index (Phi) is 2.37. The predicted octanol–water partition coefficient (Wildman–Crippen LogP) is 2.93. The maximum atomic E-state index is 12.1. The highest BCUT2D eigenvalue weighted by Crippen LogP contribution is 2.47. The normalized spacial score (nSPS) is 23.4. The number of hydrogen-bond acceptors (Lipinski definition) is 2. The van der Waals surface area contributed by atoms with Gasteiger partial charge >= 0.3 is 0 Å². The first-order valence-electron chi connectivity index (χ1n) is 7.18. The molecule has 21 heavy (non-hydrogen) atoms. The van der Waals surface area contributed by atoms with Crippen molar-refractivity contribution in [1.82, 2.24) is 0 Å². The number of anilines is 1. The van der Waals surface area contributed by atoms with Gasteiger partial charge in [-0.05, 0) is 23.6 Å². The highest BCUT2D eigenvalue weighted by atomic mass is 16.2. The van der Waals surface area contributed by atoms with Gasteiger partial charge in [-0.1, -0.05) is 49.4 Å². The maximum Gasteiger partial charge on any atom is 0.299 e. The number of hydrogen-bond donors (Lipinski definition) is 0. The number of carbonyl (C=O) groups excluding carboxylic acids is 2. The number of Topliss-reactive ketones (excluding diaryl/α,β-unsaturated/α-hetero) is 1. The van der Waals surface area contributed by atoms with Gasteiger partial charge in [0.1, 0.15) is 0 Å². The van der Waals surface area contributed by atoms with Crippen LogP contribution in [0.2, 0.25) is 0 Å². The van der Waals surface area contributed by atoms with Crippen LogP contribution in [0.15, 0.2) is 48.5 Å². The van der Waals surface area contributed by atoms with Crippen LogP contribution < -0.4 is 4.90 Å². The van der Waals surface area contributed by atoms with Crippen LogP contribution in [0.3, 0.4) is 0 Å². The molecule has 2 aromatic carbocycles. The lowest BCUT2D eigenvalue weighted by molar-refractivity contribution is -0.114. The van der Waals surface area contributed by atoms with Gasteiger partial charge < -0.3 is 4.90 Å². The Morgan fingerprint density at radius 1 is 1.00 bits per heavy atom. The highest BCUT2D eigenvalue weighted by molar-refractivity contribution is 6.52. The summed E-state index contributed by atoms with van der Waals surface area (Å²) >= 11 is 0. The molecule has 1 amide bonds. The Bertz CT molecular complexity index is 766. The fraction of sp³-hybridized carbons (Fsp3) is 0.222. The average molecular weight is 277 g/mol. The largest absolute Gasteiger partial charge is 0.304 e. The number of carbonyl (C=O) groups is 2. The molecule has 0 fully saturated rings. The van der Waals surface area contributed by atoms with E-state index in [0.29, 0.717) is 12.1 Å². The molecule has 3 nitrogen and oxygen atoms in total. The summed E-state index contributed by atoms with van der Waals surface area (Å²) in [5.74, 6) is -0.753. The number of rotatable bonds is 1. The van der Waals surface area contributed by atoms with Gasteiger partial charge in [0.05, 0.1) is 11.3 Å². The fourth-order valence-electron chi connectivity index (χ4n) is 3.59. The highest BCUT2D eigenvalue weighted by Gasteiger charge is 2.45. The van der Waals surface area contributed by atoms with Crippen LogP contribution in [0.1, 0.15) is 34.8 Å². The molecule has 2 aliphatic rings. The first-order valence-corrected chi connectivity index (χ1v) is 7.18. The Morgan fingerprint density at radius 2 is 1.76 bits per heavy atom. The number of nitrogens with zero attached hydrogens (tertiary/aromatic N) is 1. The molecule has 0 saturated carbocycles. The fourth-order valence-corrected chi connectivity index (χ4v) is 3.59. The zero-order valence-electron chi connectivity index (χ0n) is 11.8. The molecule has 104 valence electrons. The van der Waals surface area contributed by atoms with Crippen molar-refractivity contribution >= 4 is 17.4 Å². The summed E-state index contributed by atoms with van der Waals surface area (Å²) in [6.07, 6.45) is 0.826. The summed E-state index contributed by atoms with van der Waals surface area (Å²) in [6, 6.07) is 16.0. The summed E-state index contributed by atoms with van der Waals surface area (Å²) in [5.41, 5.74) is 3.53. The lowest BCUT2D eigenvalue weighted by Crippen LogP contribution is -2.41. The van der Waals surface area contributed by atoms with E-state index in [1.807, 2.05) is 30.3 Å². The molecule has 3 heteroatoms. The Labute approximate surface area is 123 Å². The van der Waals surface area contributed by atoms with Gasteiger partial charge in [0, 0.05) is 12.0 Å². The molecular weight excluding hydrogens is 262 g/mol. The van der Waals surface area contributed by atoms with Crippen molar-refractivity contribution in [2.24, 2.45) is 0 Å². The van der Waals surface area contributed by atoms with Crippen molar-refractivity contribution in [1.29, 1.82) is 0 Å². The minimum absolute atomic E-state index is 0.159. The van der Waals surface area contributed by atoms with Crippen molar-refractivity contribution in [3.05, 3.63) is 65.2 Å². The smallest absolute Gasteiger partial charge is 0.299 e. The third kappa shape index (κ3) is 1.49. The van der Waals surface area contributed by atoms with Crippen molar-refractivity contribution < 1.29 is 9.59 Å². The van der Waals surface area contributed by atoms with E-state index in [9.17, 15) is 9.59 Å². The third-order valence-electron chi connectivity index (χ3n) is 4.83. The van der Waals surface area contributed by atoms with Crippen molar-refractivity contribution in [3.8, 4) is 0 Å². The summed E-state index contributed by atoms with van der Waals surface area (Å²) in [5, 5.41) is 0. The molecule has 0 aromatic heterocycles. The molecule has 1 atom stereocenters. The molecular formula is C18H15NO2. The topological polar surface area (TPSA) is 37.4 Å². The number of para-hydroxylation sites is 1. The zero-order valence-corrected chi connectivity index (χ0v) is 11.8. The van der Waals surface area contributed by atoms with Gasteiger partial charge in [0.15, 0.2) is 0 Å². The minimum atomic E-state index is -0.382. The molecule has 2 heterocycles. The van der Waals surface area contributed by atoms with Crippen LogP contribution in [0, 0.1) is 0 Å². The van der Waals surface area contributed by atoms with Gasteiger partial charge in [-0.25, -0.2) is 0 Å². The van der Waals surface area contributed by atoms with Gasteiger partial charge in [-0.15, -0.1) is 0 Å². The summed E-state index contributed by atoms with van der Waals surface area (Å²) in [6.45, 7) is 2.79. The Hall–Kier alpha value is -2.42. The lowest BCUT2D eigenvalue weighted by atomic mass is 9.71. The second-order valence-corrected chi connectivity index (χ2v) is 5.94. The predicted molar refractivity (Wildman–Crippen MR) is 80.6 cm³/mol. The van der Waals surface area contributed by atoms with E-state index in [1.54, 1.807) is 11.0 Å². The lowest BCUT2D eigenvalue weighted by Gasteiger charge is -2.39. The van der Waals surface area contributed by atoms with Gasteiger partial charge in [-0.2, -0.15) is 0 Å². The van der Waals surface area contributed by atoms with E-state index >= 15 is 0 Å². The van der Waals surface area contributed by atoms with E-state index < -0.39 is 0 Å². The summed E-state index contributed by atoms with van der Waals surface area (Å²) in [4.78, 5) is 25.9. The zero-order chi connectivity index (χ0) is 14.6. The van der Waals surface area contributed by atoms with Crippen LogP contribution in [-0.4, -0.2) is 18.2 Å². The van der Waals surface area contributed by atoms with Crippen molar-refractivity contribution in [2.75, 3.05) is 11.4 Å². The standard InChI is InChI=1S/C18H15NO2/c1-18(12-6-3-2-4-7-12)10-11-19-15-13(16(20)17(19)21)8-5-9-14(15)18/h2-9H,10-11H2,1H3. The molecule has 0 aliphatic carbocycles. The third-order valence-corrected chi connectivity index (χ3v) is 4.83. The number of amides is 1. The van der Waals surface area contributed by atoms with Crippen molar-refractivity contribution in [2.45, 2.75) is 18.8 Å². The summed E-state index contributed by atoms with van der Waals surface area (Å²) in [7, 11) is 0. The Balaban J connectivity index is 1.98. The second kappa shape index (κ2) is 4.04. The van der Waals surface area contributed by atoms with E-state index in [2.05, 4.69) is 19.1 Å². The van der Waals surface area contributed by atoms with Crippen LogP contribution in [-0.2, 0) is 10.2 Å². The molecule has 1 unspecified atom stereocenters. The first-order chi connectivity index (χ1) is 10.1. The van der Waals surface area contributed by atoms with E-state index in [1.165, 1.54) is 5.56 Å². The average Bonchev–Trinajstić information content (AvgIpc) is 2.78. The van der Waals surface area contributed by atoms with E-state index in [-0.39, 0.29) is 17.1 Å². The minimum Gasteiger partial charge on any atom is -0.304 e. The molecule has 4 rings (SSSR count). The van der Waals surface area contributed by atoms with Gasteiger partial charge in [0.2, 0.25) is 0 Å². The number of ketones is 1. The molecule has 0 saturated heterocycles. The van der Waals surface area contributed by atoms with Crippen LogP contribution in [0.5, 0.6) is 0 Å². The molecule has 0 spiro atoms. The van der Waals surface area contributed by atoms with Gasteiger partial charge in [0.25, 0.3) is 11.7 Å². The van der Waals surface area contributed by atoms with Crippen LogP contribution in [0.4, 0.5) is 5.69 Å². The Morgan fingerprint density at radius 3 is 2.52 bits per heavy atom. The second-order valence-electron chi connectivity index (χ2n) is 5.94. The summed E-state index contributed by atoms with van der Waals surface area (Å²) < 4.78 is 0. The van der Waals surface area contributed by atoms with Crippen LogP contribution in [0.25, 0.3) is 0 Å². The van der Waals surface area contributed by atoms with Gasteiger partial charge in [-0.3, -0.25) is 9.59 Å². The number of benzene rings is 2. The molecule has 2 aliphatic heterocycles. The molecule has 0 radical (unpaired) electrons.